The molecule has 11 heteroatoms. The fourth-order valence-electron chi connectivity index (χ4n) is 3.83. The minimum atomic E-state index is -0.210. The fraction of sp³-hybridized carbons (Fsp3) is 0.292. The van der Waals surface area contributed by atoms with Crippen molar-refractivity contribution >= 4 is 40.7 Å². The van der Waals surface area contributed by atoms with Crippen molar-refractivity contribution in [2.24, 2.45) is 0 Å². The zero-order valence-electron chi connectivity index (χ0n) is 19.5. The highest BCUT2D eigenvalue weighted by molar-refractivity contribution is 6.36. The maximum Gasteiger partial charge on any atom is 0.321 e. The van der Waals surface area contributed by atoms with Crippen molar-refractivity contribution in [2.45, 2.75) is 0 Å². The largest absolute Gasteiger partial charge is 0.493 e. The summed E-state index contributed by atoms with van der Waals surface area (Å²) < 4.78 is 16.0. The van der Waals surface area contributed by atoms with Gasteiger partial charge < -0.3 is 29.3 Å². The molecule has 1 fully saturated rings. The summed E-state index contributed by atoms with van der Waals surface area (Å²) in [5.74, 6) is 2.14. The molecular formula is C24H25Cl2N5O4. The van der Waals surface area contributed by atoms with Gasteiger partial charge in [-0.2, -0.15) is 0 Å². The number of nitrogens with zero attached hydrogens (tertiary/aromatic N) is 4. The van der Waals surface area contributed by atoms with Crippen molar-refractivity contribution < 1.29 is 19.0 Å². The van der Waals surface area contributed by atoms with E-state index in [1.165, 1.54) is 21.3 Å². The highest BCUT2D eigenvalue weighted by Crippen LogP contribution is 2.40. The minimum Gasteiger partial charge on any atom is -0.493 e. The summed E-state index contributed by atoms with van der Waals surface area (Å²) in [6.45, 7) is 2.31. The summed E-state index contributed by atoms with van der Waals surface area (Å²) in [5.41, 5.74) is 1.98. The van der Waals surface area contributed by atoms with Crippen LogP contribution in [0.5, 0.6) is 17.2 Å². The molecule has 2 amide bonds. The second kappa shape index (κ2) is 10.9. The van der Waals surface area contributed by atoms with Gasteiger partial charge in [0.15, 0.2) is 17.3 Å². The number of halogens is 2. The molecule has 0 saturated carbocycles. The van der Waals surface area contributed by atoms with E-state index in [0.29, 0.717) is 64.9 Å². The SMILES string of the molecule is COc1cc(NC(=O)N2CCN(c3ccc(-c4ccc(Cl)cc4Cl)nn3)CC2)cc(OC)c1OC. The monoisotopic (exact) mass is 517 g/mol. The van der Waals surface area contributed by atoms with E-state index in [1.807, 2.05) is 18.2 Å². The van der Waals surface area contributed by atoms with Gasteiger partial charge in [-0.3, -0.25) is 0 Å². The molecular weight excluding hydrogens is 493 g/mol. The van der Waals surface area contributed by atoms with E-state index in [9.17, 15) is 4.79 Å². The molecule has 1 aliphatic heterocycles. The predicted molar refractivity (Wildman–Crippen MR) is 136 cm³/mol. The van der Waals surface area contributed by atoms with Gasteiger partial charge in [-0.15, -0.1) is 10.2 Å². The average molecular weight is 518 g/mol. The molecule has 1 N–H and O–H groups in total. The van der Waals surface area contributed by atoms with Crippen LogP contribution in [-0.4, -0.2) is 68.6 Å². The Balaban J connectivity index is 1.38. The van der Waals surface area contributed by atoms with E-state index >= 15 is 0 Å². The van der Waals surface area contributed by atoms with Crippen molar-refractivity contribution in [3.63, 3.8) is 0 Å². The zero-order valence-corrected chi connectivity index (χ0v) is 21.1. The molecule has 2 heterocycles. The van der Waals surface area contributed by atoms with Crippen molar-refractivity contribution in [3.05, 3.63) is 52.5 Å². The molecule has 4 rings (SSSR count). The van der Waals surface area contributed by atoms with Crippen LogP contribution in [0.15, 0.2) is 42.5 Å². The highest BCUT2D eigenvalue weighted by atomic mass is 35.5. The third kappa shape index (κ3) is 5.47. The van der Waals surface area contributed by atoms with Gasteiger partial charge in [-0.25, -0.2) is 4.79 Å². The van der Waals surface area contributed by atoms with Gasteiger partial charge in [-0.1, -0.05) is 23.2 Å². The third-order valence-electron chi connectivity index (χ3n) is 5.66. The topological polar surface area (TPSA) is 89.1 Å². The predicted octanol–water partition coefficient (Wildman–Crippen LogP) is 4.83. The lowest BCUT2D eigenvalue weighted by Gasteiger charge is -2.35. The molecule has 2 aromatic carbocycles. The Morgan fingerprint density at radius 3 is 2.11 bits per heavy atom. The zero-order chi connectivity index (χ0) is 24.9. The molecule has 1 saturated heterocycles. The maximum atomic E-state index is 12.9. The summed E-state index contributed by atoms with van der Waals surface area (Å²) in [5, 5.41) is 12.7. The Kier molecular flexibility index (Phi) is 7.67. The Morgan fingerprint density at radius 1 is 0.886 bits per heavy atom. The minimum absolute atomic E-state index is 0.210. The summed E-state index contributed by atoms with van der Waals surface area (Å²) in [4.78, 5) is 16.7. The van der Waals surface area contributed by atoms with Crippen molar-refractivity contribution in [2.75, 3.05) is 57.7 Å². The molecule has 184 valence electrons. The molecule has 1 aromatic heterocycles. The first-order chi connectivity index (χ1) is 16.9. The van der Waals surface area contributed by atoms with E-state index in [2.05, 4.69) is 20.4 Å². The fourth-order valence-corrected chi connectivity index (χ4v) is 4.33. The van der Waals surface area contributed by atoms with E-state index in [4.69, 9.17) is 37.4 Å². The van der Waals surface area contributed by atoms with Crippen molar-refractivity contribution in [1.29, 1.82) is 0 Å². The van der Waals surface area contributed by atoms with Gasteiger partial charge in [0.1, 0.15) is 0 Å². The standard InChI is InChI=1S/C24H25Cl2N5O4/c1-33-20-13-16(14-21(34-2)23(20)35-3)27-24(32)31-10-8-30(9-11-31)22-7-6-19(28-29-22)17-5-4-15(25)12-18(17)26/h4-7,12-14H,8-11H2,1-3H3,(H,27,32). The third-order valence-corrected chi connectivity index (χ3v) is 6.21. The second-order valence-corrected chi connectivity index (χ2v) is 8.56. The van der Waals surface area contributed by atoms with Crippen LogP contribution in [-0.2, 0) is 0 Å². The van der Waals surface area contributed by atoms with Gasteiger partial charge in [-0.05, 0) is 30.3 Å². The Morgan fingerprint density at radius 2 is 1.57 bits per heavy atom. The number of amides is 2. The average Bonchev–Trinajstić information content (AvgIpc) is 2.88. The summed E-state index contributed by atoms with van der Waals surface area (Å²) in [6, 6.07) is 12.2. The number of piperazine rings is 1. The number of aromatic nitrogens is 2. The second-order valence-electron chi connectivity index (χ2n) is 7.72. The number of hydrogen-bond acceptors (Lipinski definition) is 7. The number of ether oxygens (including phenoxy) is 3. The first-order valence-corrected chi connectivity index (χ1v) is 11.6. The number of nitrogens with one attached hydrogen (secondary N) is 1. The van der Waals surface area contributed by atoms with Gasteiger partial charge in [0, 0.05) is 48.9 Å². The van der Waals surface area contributed by atoms with Crippen molar-refractivity contribution in [3.8, 4) is 28.5 Å². The first-order valence-electron chi connectivity index (χ1n) is 10.8. The number of rotatable bonds is 6. The number of carbonyl (C=O) groups is 1. The Labute approximate surface area is 213 Å². The van der Waals surface area contributed by atoms with E-state index in [1.54, 1.807) is 29.2 Å². The van der Waals surface area contributed by atoms with Gasteiger partial charge >= 0.3 is 6.03 Å². The smallest absolute Gasteiger partial charge is 0.321 e. The van der Waals surface area contributed by atoms with Crippen LogP contribution in [0.3, 0.4) is 0 Å². The Bertz CT molecular complexity index is 1180. The highest BCUT2D eigenvalue weighted by Gasteiger charge is 2.23. The van der Waals surface area contributed by atoms with Crippen LogP contribution in [0.25, 0.3) is 11.3 Å². The molecule has 3 aromatic rings. The Hall–Kier alpha value is -3.43. The van der Waals surface area contributed by atoms with Crippen LogP contribution in [0.1, 0.15) is 0 Å². The first kappa shape index (κ1) is 24.7. The number of hydrogen-bond donors (Lipinski definition) is 1. The molecule has 0 unspecified atom stereocenters. The van der Waals surface area contributed by atoms with Crippen LogP contribution in [0.2, 0.25) is 10.0 Å². The summed E-state index contributed by atoms with van der Waals surface area (Å²) >= 11 is 12.3. The lowest BCUT2D eigenvalue weighted by molar-refractivity contribution is 0.208. The summed E-state index contributed by atoms with van der Waals surface area (Å²) in [7, 11) is 4.59. The molecule has 0 aliphatic carbocycles. The van der Waals surface area contributed by atoms with E-state index in [-0.39, 0.29) is 6.03 Å². The normalized spacial score (nSPS) is 13.4. The number of anilines is 2. The van der Waals surface area contributed by atoms with Gasteiger partial charge in [0.2, 0.25) is 5.75 Å². The lowest BCUT2D eigenvalue weighted by Crippen LogP contribution is -2.50. The molecule has 0 spiro atoms. The van der Waals surface area contributed by atoms with Crippen LogP contribution in [0, 0.1) is 0 Å². The number of methoxy groups -OCH3 is 3. The number of urea groups is 1. The summed E-state index contributed by atoms with van der Waals surface area (Å²) in [6.07, 6.45) is 0. The number of benzene rings is 2. The van der Waals surface area contributed by atoms with Crippen LogP contribution >= 0.6 is 23.2 Å². The molecule has 9 nitrogen and oxygen atoms in total. The quantitative estimate of drug-likeness (QED) is 0.500. The molecule has 35 heavy (non-hydrogen) atoms. The molecule has 0 atom stereocenters. The van der Waals surface area contributed by atoms with Crippen molar-refractivity contribution in [1.82, 2.24) is 15.1 Å². The van der Waals surface area contributed by atoms with Crippen LogP contribution in [0.4, 0.5) is 16.3 Å². The van der Waals surface area contributed by atoms with Gasteiger partial charge in [0.05, 0.1) is 37.7 Å². The molecule has 1 aliphatic rings. The van der Waals surface area contributed by atoms with Gasteiger partial charge in [0.25, 0.3) is 0 Å². The van der Waals surface area contributed by atoms with E-state index < -0.39 is 0 Å². The lowest BCUT2D eigenvalue weighted by atomic mass is 10.1. The molecule has 0 bridgehead atoms. The number of carbonyl (C=O) groups excluding carboxylic acids is 1. The van der Waals surface area contributed by atoms with Crippen LogP contribution < -0.4 is 24.4 Å². The molecule has 0 radical (unpaired) electrons. The van der Waals surface area contributed by atoms with E-state index in [0.717, 1.165) is 11.4 Å². The maximum absolute atomic E-state index is 12.9.